The molecule has 0 aromatic carbocycles. The van der Waals surface area contributed by atoms with Crippen molar-refractivity contribution in [2.24, 2.45) is 23.5 Å². The maximum Gasteiger partial charge on any atom is 0.354 e. The molecule has 0 aromatic heterocycles. The van der Waals surface area contributed by atoms with E-state index in [-0.39, 0.29) is 11.3 Å². The fraction of sp³-hybridized carbons (Fsp3) is 0.769. The van der Waals surface area contributed by atoms with Crippen molar-refractivity contribution in [1.29, 1.82) is 0 Å². The third kappa shape index (κ3) is 1.53. The first-order valence-corrected chi connectivity index (χ1v) is 6.24. The highest BCUT2D eigenvalue weighted by atomic mass is 16.6. The van der Waals surface area contributed by atoms with Crippen LogP contribution >= 0.6 is 0 Å². The number of rotatable bonds is 2. The lowest BCUT2D eigenvalue weighted by Gasteiger charge is -2.55. The van der Waals surface area contributed by atoms with E-state index in [1.54, 1.807) is 0 Å². The minimum absolute atomic E-state index is 0.0377. The minimum atomic E-state index is -0.401. The number of carbonyl (C=O) groups excluding carboxylic acids is 1. The van der Waals surface area contributed by atoms with E-state index in [0.717, 1.165) is 37.0 Å². The van der Waals surface area contributed by atoms with E-state index in [4.69, 9.17) is 10.5 Å². The molecule has 0 atom stereocenters. The molecule has 0 amide bonds. The Morgan fingerprint density at radius 1 is 1.12 bits per heavy atom. The van der Waals surface area contributed by atoms with Gasteiger partial charge in [-0.05, 0) is 56.3 Å². The van der Waals surface area contributed by atoms with Gasteiger partial charge in [-0.15, -0.1) is 0 Å². The Hall–Kier alpha value is -0.990. The third-order valence-electron chi connectivity index (χ3n) is 4.55. The quantitative estimate of drug-likeness (QED) is 0.573. The van der Waals surface area contributed by atoms with E-state index in [1.165, 1.54) is 19.3 Å². The van der Waals surface area contributed by atoms with Crippen molar-refractivity contribution < 1.29 is 9.53 Å². The van der Waals surface area contributed by atoms with Gasteiger partial charge in [-0.3, -0.25) is 0 Å². The molecule has 4 aliphatic rings. The summed E-state index contributed by atoms with van der Waals surface area (Å²) >= 11 is 0. The number of hydrogen-bond acceptors (Lipinski definition) is 3. The molecule has 2 N–H and O–H groups in total. The minimum Gasteiger partial charge on any atom is -0.454 e. The van der Waals surface area contributed by atoms with Crippen molar-refractivity contribution in [2.75, 3.05) is 0 Å². The summed E-state index contributed by atoms with van der Waals surface area (Å²) in [6.07, 6.45) is 7.20. The van der Waals surface area contributed by atoms with E-state index in [2.05, 4.69) is 6.58 Å². The molecule has 0 aliphatic heterocycles. The van der Waals surface area contributed by atoms with Crippen molar-refractivity contribution in [3.8, 4) is 0 Å². The summed E-state index contributed by atoms with van der Waals surface area (Å²) in [6.45, 7) is 3.46. The molecule has 0 spiro atoms. The average molecular weight is 221 g/mol. The summed E-state index contributed by atoms with van der Waals surface area (Å²) in [6, 6.07) is 0. The number of esters is 1. The van der Waals surface area contributed by atoms with Crippen LogP contribution in [0.25, 0.3) is 0 Å². The van der Waals surface area contributed by atoms with Crippen molar-refractivity contribution in [3.05, 3.63) is 12.3 Å². The van der Waals surface area contributed by atoms with Crippen LogP contribution in [-0.4, -0.2) is 11.6 Å². The van der Waals surface area contributed by atoms with Crippen LogP contribution in [0.3, 0.4) is 0 Å². The number of hydrogen-bond donors (Lipinski definition) is 1. The molecule has 0 saturated heterocycles. The lowest BCUT2D eigenvalue weighted by Crippen LogP contribution is -2.53. The molecule has 4 fully saturated rings. The van der Waals surface area contributed by atoms with Gasteiger partial charge >= 0.3 is 5.97 Å². The first-order valence-electron chi connectivity index (χ1n) is 6.24. The second kappa shape index (κ2) is 3.25. The Morgan fingerprint density at radius 3 is 1.94 bits per heavy atom. The van der Waals surface area contributed by atoms with Gasteiger partial charge in [0.05, 0.1) is 0 Å². The zero-order valence-electron chi connectivity index (χ0n) is 9.58. The Bertz CT molecular complexity index is 313. The molecule has 4 saturated carbocycles. The Balaban J connectivity index is 1.78. The molecule has 4 rings (SSSR count). The fourth-order valence-corrected chi connectivity index (χ4v) is 4.42. The molecule has 0 radical (unpaired) electrons. The molecule has 3 nitrogen and oxygen atoms in total. The maximum absolute atomic E-state index is 11.6. The van der Waals surface area contributed by atoms with Crippen molar-refractivity contribution in [2.45, 2.75) is 44.1 Å². The van der Waals surface area contributed by atoms with E-state index >= 15 is 0 Å². The fourth-order valence-electron chi connectivity index (χ4n) is 4.42. The smallest absolute Gasteiger partial charge is 0.354 e. The van der Waals surface area contributed by atoms with Gasteiger partial charge in [0, 0.05) is 0 Å². The summed E-state index contributed by atoms with van der Waals surface area (Å²) in [4.78, 5) is 11.6. The van der Waals surface area contributed by atoms with E-state index in [9.17, 15) is 4.79 Å². The molecule has 0 heterocycles. The Kier molecular flexibility index (Phi) is 2.07. The molecule has 4 aliphatic carbocycles. The highest BCUT2D eigenvalue weighted by Gasteiger charge is 2.53. The topological polar surface area (TPSA) is 52.3 Å². The van der Waals surface area contributed by atoms with Gasteiger partial charge in [-0.2, -0.15) is 0 Å². The Labute approximate surface area is 96.0 Å². The van der Waals surface area contributed by atoms with Crippen LogP contribution in [0.5, 0.6) is 0 Å². The maximum atomic E-state index is 11.6. The van der Waals surface area contributed by atoms with Crippen LogP contribution in [-0.2, 0) is 9.53 Å². The number of ether oxygens (including phenoxy) is 1. The largest absolute Gasteiger partial charge is 0.454 e. The van der Waals surface area contributed by atoms with Crippen LogP contribution < -0.4 is 5.73 Å². The van der Waals surface area contributed by atoms with Gasteiger partial charge in [0.15, 0.2) is 0 Å². The number of carbonyl (C=O) groups is 1. The van der Waals surface area contributed by atoms with Crippen molar-refractivity contribution >= 4 is 5.97 Å². The highest BCUT2D eigenvalue weighted by Crippen LogP contribution is 2.57. The summed E-state index contributed by atoms with van der Waals surface area (Å²) < 4.78 is 5.65. The first-order chi connectivity index (χ1) is 7.56. The standard InChI is InChI=1S/C13H19NO2/c1-8(14)12(15)16-13-5-9-2-10(6-13)4-11(3-9)7-13/h9-11H,1-7,14H2. The molecular formula is C13H19NO2. The van der Waals surface area contributed by atoms with E-state index < -0.39 is 5.97 Å². The van der Waals surface area contributed by atoms with Crippen LogP contribution in [0.1, 0.15) is 38.5 Å². The Morgan fingerprint density at radius 2 is 1.56 bits per heavy atom. The third-order valence-corrected chi connectivity index (χ3v) is 4.55. The normalized spacial score (nSPS) is 44.4. The number of nitrogens with two attached hydrogens (primary N) is 1. The molecule has 16 heavy (non-hydrogen) atoms. The molecule has 0 unspecified atom stereocenters. The van der Waals surface area contributed by atoms with Crippen molar-refractivity contribution in [1.82, 2.24) is 0 Å². The predicted molar refractivity (Wildman–Crippen MR) is 60.3 cm³/mol. The SMILES string of the molecule is C=C(N)C(=O)OC12CC3CC(CC(C3)C1)C2. The predicted octanol–water partition coefficient (Wildman–Crippen LogP) is 1.97. The van der Waals surface area contributed by atoms with E-state index in [1.807, 2.05) is 0 Å². The van der Waals surface area contributed by atoms with E-state index in [0.29, 0.717) is 0 Å². The van der Waals surface area contributed by atoms with Crippen LogP contribution in [0.2, 0.25) is 0 Å². The van der Waals surface area contributed by atoms with Gasteiger partial charge in [-0.1, -0.05) is 6.58 Å². The van der Waals surface area contributed by atoms with Gasteiger partial charge < -0.3 is 10.5 Å². The van der Waals surface area contributed by atoms with Gasteiger partial charge in [0.25, 0.3) is 0 Å². The van der Waals surface area contributed by atoms with Crippen LogP contribution in [0.4, 0.5) is 0 Å². The summed E-state index contributed by atoms with van der Waals surface area (Å²) in [5.41, 5.74) is 5.25. The second-order valence-electron chi connectivity index (χ2n) is 6.02. The van der Waals surface area contributed by atoms with Gasteiger partial charge in [0.1, 0.15) is 11.3 Å². The molecule has 88 valence electrons. The summed E-state index contributed by atoms with van der Waals surface area (Å²) in [5, 5.41) is 0. The summed E-state index contributed by atoms with van der Waals surface area (Å²) in [5.74, 6) is 1.95. The molecule has 3 heteroatoms. The highest BCUT2D eigenvalue weighted by molar-refractivity contribution is 5.86. The lowest BCUT2D eigenvalue weighted by molar-refractivity contribution is -0.182. The monoisotopic (exact) mass is 221 g/mol. The first kappa shape index (κ1) is 10.2. The molecule has 4 bridgehead atoms. The average Bonchev–Trinajstić information content (AvgIpc) is 2.13. The molecular weight excluding hydrogens is 202 g/mol. The van der Waals surface area contributed by atoms with Crippen molar-refractivity contribution in [3.63, 3.8) is 0 Å². The van der Waals surface area contributed by atoms with Crippen LogP contribution in [0.15, 0.2) is 12.3 Å². The molecule has 0 aromatic rings. The lowest BCUT2D eigenvalue weighted by atomic mass is 9.54. The van der Waals surface area contributed by atoms with Gasteiger partial charge in [-0.25, -0.2) is 4.79 Å². The van der Waals surface area contributed by atoms with Crippen LogP contribution in [0, 0.1) is 17.8 Å². The summed E-state index contributed by atoms with van der Waals surface area (Å²) in [7, 11) is 0. The zero-order valence-corrected chi connectivity index (χ0v) is 9.58. The second-order valence-corrected chi connectivity index (χ2v) is 6.02. The zero-order chi connectivity index (χ0) is 11.3. The van der Waals surface area contributed by atoms with Gasteiger partial charge in [0.2, 0.25) is 0 Å².